The van der Waals surface area contributed by atoms with Crippen LogP contribution in [-0.2, 0) is 32.6 Å². The van der Waals surface area contributed by atoms with Crippen molar-refractivity contribution in [1.82, 2.24) is 9.80 Å². The summed E-state index contributed by atoms with van der Waals surface area (Å²) in [4.78, 5) is 31.1. The molecule has 2 aliphatic carbocycles. The number of esters is 1. The summed E-state index contributed by atoms with van der Waals surface area (Å²) in [7, 11) is 2.14. The number of piperidine rings is 1. The second-order valence-corrected chi connectivity index (χ2v) is 13.0. The number of benzene rings is 2. The summed E-state index contributed by atoms with van der Waals surface area (Å²) in [5.41, 5.74) is 2.12. The van der Waals surface area contributed by atoms with Gasteiger partial charge in [0.25, 0.3) is 0 Å². The molecule has 0 N–H and O–H groups in total. The van der Waals surface area contributed by atoms with E-state index >= 15 is 0 Å². The molecule has 1 spiro atoms. The minimum absolute atomic E-state index is 0.0449. The summed E-state index contributed by atoms with van der Waals surface area (Å²) in [5.74, 6) is 0.944. The van der Waals surface area contributed by atoms with Gasteiger partial charge in [0.15, 0.2) is 0 Å². The first-order valence-electron chi connectivity index (χ1n) is 14.0. The van der Waals surface area contributed by atoms with Crippen LogP contribution in [0.15, 0.2) is 36.4 Å². The molecule has 6 rings (SSSR count). The predicted octanol–water partition coefficient (Wildman–Crippen LogP) is 5.44. The average molecular weight is 572 g/mol. The first kappa shape index (κ1) is 26.9. The number of halogens is 2. The maximum absolute atomic E-state index is 14.0. The van der Waals surface area contributed by atoms with Crippen LogP contribution in [0.4, 0.5) is 0 Å². The number of rotatable bonds is 6. The van der Waals surface area contributed by atoms with Gasteiger partial charge in [-0.2, -0.15) is 0 Å². The van der Waals surface area contributed by atoms with Crippen LogP contribution >= 0.6 is 23.2 Å². The van der Waals surface area contributed by atoms with Crippen LogP contribution in [0.1, 0.15) is 56.7 Å². The number of hydrogen-bond acceptors (Lipinski definition) is 5. The molecule has 0 aromatic heterocycles. The van der Waals surface area contributed by atoms with E-state index < -0.39 is 11.0 Å². The molecule has 39 heavy (non-hydrogen) atoms. The molecule has 0 unspecified atom stereocenters. The van der Waals surface area contributed by atoms with Crippen LogP contribution in [0.3, 0.4) is 0 Å². The Morgan fingerprint density at radius 3 is 2.69 bits per heavy atom. The molecule has 6 nitrogen and oxygen atoms in total. The minimum Gasteiger partial charge on any atom is -0.487 e. The predicted molar refractivity (Wildman–Crippen MR) is 152 cm³/mol. The molecule has 4 aliphatic rings. The van der Waals surface area contributed by atoms with Crippen LogP contribution < -0.4 is 4.74 Å². The third-order valence-electron chi connectivity index (χ3n) is 9.50. The topological polar surface area (TPSA) is 59.1 Å². The van der Waals surface area contributed by atoms with E-state index in [-0.39, 0.29) is 42.4 Å². The molecular weight excluding hydrogens is 535 g/mol. The molecule has 1 saturated heterocycles. The highest BCUT2D eigenvalue weighted by molar-refractivity contribution is 6.42. The van der Waals surface area contributed by atoms with Gasteiger partial charge in [0, 0.05) is 19.0 Å². The Bertz CT molecular complexity index is 1330. The van der Waals surface area contributed by atoms with Gasteiger partial charge in [-0.3, -0.25) is 14.5 Å². The summed E-state index contributed by atoms with van der Waals surface area (Å²) in [5, 5.41) is 0.920. The van der Waals surface area contributed by atoms with Crippen molar-refractivity contribution < 1.29 is 19.1 Å². The number of likely N-dealkylation sites (N-methyl/N-ethyl adjacent to an activating group) is 1. The van der Waals surface area contributed by atoms with Crippen molar-refractivity contribution in [3.8, 4) is 5.75 Å². The van der Waals surface area contributed by atoms with Gasteiger partial charge >= 0.3 is 5.97 Å². The molecule has 2 bridgehead atoms. The summed E-state index contributed by atoms with van der Waals surface area (Å²) in [6.45, 7) is 7.30. The number of carbonyl (C=O) groups is 2. The molecule has 1 saturated carbocycles. The zero-order valence-electron chi connectivity index (χ0n) is 23.0. The van der Waals surface area contributed by atoms with E-state index in [1.165, 1.54) is 18.1 Å². The average Bonchev–Trinajstić information content (AvgIpc) is 3.22. The first-order valence-corrected chi connectivity index (χ1v) is 14.7. The molecule has 2 heterocycles. The van der Waals surface area contributed by atoms with Crippen LogP contribution in [0.2, 0.25) is 10.0 Å². The van der Waals surface area contributed by atoms with Crippen molar-refractivity contribution in [2.45, 2.75) is 82.1 Å². The monoisotopic (exact) mass is 570 g/mol. The third-order valence-corrected chi connectivity index (χ3v) is 10.2. The zero-order valence-corrected chi connectivity index (χ0v) is 24.5. The lowest BCUT2D eigenvalue weighted by Gasteiger charge is -2.65. The van der Waals surface area contributed by atoms with Gasteiger partial charge in [-0.15, -0.1) is 0 Å². The van der Waals surface area contributed by atoms with E-state index in [0.717, 1.165) is 30.7 Å². The third kappa shape index (κ3) is 4.00. The van der Waals surface area contributed by atoms with Crippen molar-refractivity contribution in [2.75, 3.05) is 20.1 Å². The summed E-state index contributed by atoms with van der Waals surface area (Å²) in [6, 6.07) is 11.6. The van der Waals surface area contributed by atoms with E-state index in [1.54, 1.807) is 12.1 Å². The van der Waals surface area contributed by atoms with Gasteiger partial charge in [0.05, 0.1) is 34.0 Å². The Labute approximate surface area is 240 Å². The Morgan fingerprint density at radius 1 is 1.18 bits per heavy atom. The van der Waals surface area contributed by atoms with Crippen LogP contribution in [0.5, 0.6) is 5.75 Å². The smallest absolute Gasteiger partial charge is 0.303 e. The lowest BCUT2D eigenvalue weighted by Crippen LogP contribution is -2.79. The maximum atomic E-state index is 14.0. The Morgan fingerprint density at radius 2 is 1.97 bits per heavy atom. The lowest BCUT2D eigenvalue weighted by atomic mass is 9.48. The second kappa shape index (κ2) is 9.67. The molecule has 2 aromatic carbocycles. The van der Waals surface area contributed by atoms with E-state index in [9.17, 15) is 9.59 Å². The number of likely N-dealkylation sites (tertiary alicyclic amines) is 1. The SMILES string of the molecule is CC(=O)O[C@@]12CC[C@@H](N(CC(C)C)C(=O)Cc3ccc(Cl)c(Cl)c3)[C@@H]3Oc4cccc5c4[C@@]31CCN(C)[C@@H]2C5. The Kier molecular flexibility index (Phi) is 6.68. The van der Waals surface area contributed by atoms with Crippen molar-refractivity contribution in [2.24, 2.45) is 5.92 Å². The highest BCUT2D eigenvalue weighted by Gasteiger charge is 2.75. The van der Waals surface area contributed by atoms with Crippen molar-refractivity contribution in [1.29, 1.82) is 0 Å². The molecule has 2 aliphatic heterocycles. The number of amides is 1. The quantitative estimate of drug-likeness (QED) is 0.432. The molecule has 1 amide bonds. The molecule has 208 valence electrons. The molecule has 8 heteroatoms. The summed E-state index contributed by atoms with van der Waals surface area (Å²) >= 11 is 12.4. The van der Waals surface area contributed by atoms with Gasteiger partial charge < -0.3 is 14.4 Å². The Hall–Kier alpha value is -2.28. The van der Waals surface area contributed by atoms with Crippen molar-refractivity contribution >= 4 is 35.1 Å². The molecule has 2 aromatic rings. The van der Waals surface area contributed by atoms with Gasteiger partial charge in [0.1, 0.15) is 17.5 Å². The number of nitrogens with zero attached hydrogens (tertiary/aromatic N) is 2. The van der Waals surface area contributed by atoms with Crippen LogP contribution in [-0.4, -0.2) is 65.6 Å². The largest absolute Gasteiger partial charge is 0.487 e. The van der Waals surface area contributed by atoms with E-state index in [4.69, 9.17) is 32.7 Å². The standard InChI is InChI=1S/C31H36Cl2N2O4/c1-18(2)17-35(27(37)15-20-8-9-22(32)23(33)14-20)24-10-11-31(39-19(3)36)26-16-21-6-5-7-25-28(21)30(31,29(24)38-25)12-13-34(26)4/h5-9,14,18,24,26,29H,10-13,15-17H2,1-4H3/t24-,26-,29+,30+,31-/m1/s1. The van der Waals surface area contributed by atoms with Crippen molar-refractivity contribution in [3.05, 3.63) is 63.1 Å². The zero-order chi connectivity index (χ0) is 27.7. The molecule has 0 radical (unpaired) electrons. The van der Waals surface area contributed by atoms with E-state index in [1.807, 2.05) is 17.0 Å². The summed E-state index contributed by atoms with van der Waals surface area (Å²) < 4.78 is 13.4. The number of carbonyl (C=O) groups excluding carboxylic acids is 2. The van der Waals surface area contributed by atoms with Crippen LogP contribution in [0, 0.1) is 5.92 Å². The molecule has 2 fully saturated rings. The van der Waals surface area contributed by atoms with Crippen LogP contribution in [0.25, 0.3) is 0 Å². The number of hydrogen-bond donors (Lipinski definition) is 0. The Balaban J connectivity index is 1.44. The van der Waals surface area contributed by atoms with Gasteiger partial charge in [-0.25, -0.2) is 0 Å². The molecular formula is C31H36Cl2N2O4. The van der Waals surface area contributed by atoms with E-state index in [0.29, 0.717) is 29.4 Å². The lowest BCUT2D eigenvalue weighted by molar-refractivity contribution is -0.222. The van der Waals surface area contributed by atoms with Gasteiger partial charge in [0.2, 0.25) is 5.91 Å². The highest BCUT2D eigenvalue weighted by Crippen LogP contribution is 2.65. The van der Waals surface area contributed by atoms with Gasteiger partial charge in [-0.05, 0) is 74.5 Å². The highest BCUT2D eigenvalue weighted by atomic mass is 35.5. The fraction of sp³-hybridized carbons (Fsp3) is 0.548. The first-order chi connectivity index (χ1) is 18.6. The normalized spacial score (nSPS) is 30.5. The summed E-state index contributed by atoms with van der Waals surface area (Å²) in [6.07, 6.45) is 2.96. The second-order valence-electron chi connectivity index (χ2n) is 12.2. The van der Waals surface area contributed by atoms with E-state index in [2.05, 4.69) is 37.9 Å². The van der Waals surface area contributed by atoms with Crippen molar-refractivity contribution in [3.63, 3.8) is 0 Å². The van der Waals surface area contributed by atoms with Gasteiger partial charge in [-0.1, -0.05) is 55.2 Å². The minimum atomic E-state index is -0.692. The number of ether oxygens (including phenoxy) is 2. The fourth-order valence-electron chi connectivity index (χ4n) is 8.19. The maximum Gasteiger partial charge on any atom is 0.303 e. The fourth-order valence-corrected chi connectivity index (χ4v) is 8.51. The molecule has 5 atom stereocenters.